The van der Waals surface area contributed by atoms with E-state index in [-0.39, 0.29) is 42.4 Å². The van der Waals surface area contributed by atoms with Gasteiger partial charge in [-0.1, -0.05) is 19.9 Å². The second-order valence-corrected chi connectivity index (χ2v) is 7.20. The third-order valence-electron chi connectivity index (χ3n) is 4.33. The summed E-state index contributed by atoms with van der Waals surface area (Å²) in [4.78, 5) is 30.9. The molecule has 1 saturated heterocycles. The molecule has 1 fully saturated rings. The van der Waals surface area contributed by atoms with Gasteiger partial charge in [0.2, 0.25) is 11.8 Å². The second kappa shape index (κ2) is 9.64. The van der Waals surface area contributed by atoms with E-state index >= 15 is 0 Å². The van der Waals surface area contributed by atoms with Gasteiger partial charge in [0, 0.05) is 32.3 Å². The van der Waals surface area contributed by atoms with E-state index < -0.39 is 0 Å². The number of carbonyl (C=O) groups is 2. The van der Waals surface area contributed by atoms with E-state index in [1.807, 2.05) is 33.8 Å². The average Bonchev–Trinajstić information content (AvgIpc) is 2.54. The first kappa shape index (κ1) is 20.3. The monoisotopic (exact) mass is 362 g/mol. The van der Waals surface area contributed by atoms with Gasteiger partial charge in [0.1, 0.15) is 5.82 Å². The number of carbonyl (C=O) groups excluding carboxylic acids is 2. The molecule has 7 nitrogen and oxygen atoms in total. The zero-order valence-corrected chi connectivity index (χ0v) is 16.1. The fraction of sp³-hybridized carbons (Fsp3) is 0.632. The topological polar surface area (TPSA) is 83.6 Å². The molecule has 26 heavy (non-hydrogen) atoms. The summed E-state index contributed by atoms with van der Waals surface area (Å²) in [7, 11) is 0. The molecule has 1 aliphatic heterocycles. The predicted octanol–water partition coefficient (Wildman–Crippen LogP) is 1.66. The van der Waals surface area contributed by atoms with Crippen molar-refractivity contribution in [2.75, 3.05) is 25.0 Å². The lowest BCUT2D eigenvalue weighted by Gasteiger charge is -2.41. The van der Waals surface area contributed by atoms with Gasteiger partial charge in [0.15, 0.2) is 0 Å². The van der Waals surface area contributed by atoms with Crippen molar-refractivity contribution >= 4 is 17.6 Å². The standard InChI is InChI=1S/C19H30N4O3/c1-13(2)18(23-11-14(3)26-15(4)12-23)19(25)21-10-8-17(24)22-16-7-5-6-9-20-16/h5-7,9,13-15,18H,8,10-12H2,1-4H3,(H,21,25)(H,20,22,24)/t14-,15-,18-/m1/s1. The summed E-state index contributed by atoms with van der Waals surface area (Å²) in [5, 5.41) is 5.62. The summed E-state index contributed by atoms with van der Waals surface area (Å²) in [5.41, 5.74) is 0. The Labute approximate surface area is 155 Å². The van der Waals surface area contributed by atoms with Crippen LogP contribution in [0, 0.1) is 5.92 Å². The van der Waals surface area contributed by atoms with Crippen LogP contribution in [-0.4, -0.2) is 59.6 Å². The Morgan fingerprint density at radius 1 is 1.27 bits per heavy atom. The second-order valence-electron chi connectivity index (χ2n) is 7.20. The van der Waals surface area contributed by atoms with Gasteiger partial charge >= 0.3 is 0 Å². The van der Waals surface area contributed by atoms with Crippen LogP contribution in [0.3, 0.4) is 0 Å². The highest BCUT2D eigenvalue weighted by Gasteiger charge is 2.33. The Morgan fingerprint density at radius 2 is 1.96 bits per heavy atom. The predicted molar refractivity (Wildman–Crippen MR) is 101 cm³/mol. The highest BCUT2D eigenvalue weighted by Crippen LogP contribution is 2.18. The molecule has 7 heteroatoms. The number of nitrogens with one attached hydrogen (secondary N) is 2. The van der Waals surface area contributed by atoms with E-state index in [1.54, 1.807) is 18.3 Å². The van der Waals surface area contributed by atoms with Crippen LogP contribution in [0.25, 0.3) is 0 Å². The highest BCUT2D eigenvalue weighted by atomic mass is 16.5. The van der Waals surface area contributed by atoms with Crippen LogP contribution in [0.1, 0.15) is 34.1 Å². The van der Waals surface area contributed by atoms with Gasteiger partial charge in [-0.25, -0.2) is 4.98 Å². The lowest BCUT2D eigenvalue weighted by molar-refractivity contribution is -0.135. The van der Waals surface area contributed by atoms with Crippen LogP contribution in [-0.2, 0) is 14.3 Å². The molecule has 2 heterocycles. The summed E-state index contributed by atoms with van der Waals surface area (Å²) in [6.07, 6.45) is 2.05. The van der Waals surface area contributed by atoms with E-state index in [0.29, 0.717) is 12.4 Å². The molecule has 3 atom stereocenters. The first-order valence-corrected chi connectivity index (χ1v) is 9.25. The summed E-state index contributed by atoms with van der Waals surface area (Å²) >= 11 is 0. The smallest absolute Gasteiger partial charge is 0.237 e. The number of nitrogens with zero attached hydrogens (tertiary/aromatic N) is 2. The molecule has 0 saturated carbocycles. The van der Waals surface area contributed by atoms with Gasteiger partial charge in [-0.2, -0.15) is 0 Å². The first-order chi connectivity index (χ1) is 12.4. The van der Waals surface area contributed by atoms with Crippen molar-refractivity contribution in [1.82, 2.24) is 15.2 Å². The largest absolute Gasteiger partial charge is 0.373 e. The SMILES string of the molecule is CC(C)[C@H](C(=O)NCCC(=O)Nc1ccccn1)N1C[C@@H](C)O[C@H](C)C1. The van der Waals surface area contributed by atoms with Gasteiger partial charge in [-0.3, -0.25) is 14.5 Å². The molecule has 0 bridgehead atoms. The molecular formula is C19H30N4O3. The molecule has 2 N–H and O–H groups in total. The number of hydrogen-bond donors (Lipinski definition) is 2. The summed E-state index contributed by atoms with van der Waals surface area (Å²) < 4.78 is 5.76. The Kier molecular flexibility index (Phi) is 7.53. The van der Waals surface area contributed by atoms with Crippen molar-refractivity contribution in [2.24, 2.45) is 5.92 Å². The van der Waals surface area contributed by atoms with Crippen molar-refractivity contribution < 1.29 is 14.3 Å². The van der Waals surface area contributed by atoms with Crippen molar-refractivity contribution in [3.05, 3.63) is 24.4 Å². The van der Waals surface area contributed by atoms with Gasteiger partial charge in [0.25, 0.3) is 0 Å². The molecule has 1 aromatic heterocycles. The van der Waals surface area contributed by atoms with Crippen LogP contribution in [0.15, 0.2) is 24.4 Å². The third-order valence-corrected chi connectivity index (χ3v) is 4.33. The lowest BCUT2D eigenvalue weighted by Crippen LogP contribution is -2.57. The fourth-order valence-electron chi connectivity index (χ4n) is 3.38. The number of amides is 2. The van der Waals surface area contributed by atoms with Crippen LogP contribution < -0.4 is 10.6 Å². The molecule has 0 aromatic carbocycles. The van der Waals surface area contributed by atoms with Crippen LogP contribution in [0.2, 0.25) is 0 Å². The number of rotatable bonds is 7. The maximum absolute atomic E-state index is 12.7. The van der Waals surface area contributed by atoms with Gasteiger partial charge in [-0.05, 0) is 31.9 Å². The van der Waals surface area contributed by atoms with E-state index in [4.69, 9.17) is 4.74 Å². The third kappa shape index (κ3) is 6.07. The molecule has 0 spiro atoms. The number of anilines is 1. The minimum Gasteiger partial charge on any atom is -0.373 e. The van der Waals surface area contributed by atoms with Gasteiger partial charge in [0.05, 0.1) is 18.2 Å². The number of hydrogen-bond acceptors (Lipinski definition) is 5. The van der Waals surface area contributed by atoms with E-state index in [1.165, 1.54) is 0 Å². The molecule has 0 aliphatic carbocycles. The minimum atomic E-state index is -0.220. The number of ether oxygens (including phenoxy) is 1. The first-order valence-electron chi connectivity index (χ1n) is 9.25. The normalized spacial score (nSPS) is 22.0. The Balaban J connectivity index is 1.83. The van der Waals surface area contributed by atoms with Crippen molar-refractivity contribution in [3.63, 3.8) is 0 Å². The van der Waals surface area contributed by atoms with E-state index in [0.717, 1.165) is 13.1 Å². The number of morpholine rings is 1. The minimum absolute atomic E-state index is 0.0352. The average molecular weight is 362 g/mol. The van der Waals surface area contributed by atoms with Crippen molar-refractivity contribution in [3.8, 4) is 0 Å². The molecular weight excluding hydrogens is 332 g/mol. The zero-order chi connectivity index (χ0) is 19.1. The molecule has 2 amide bonds. The van der Waals surface area contributed by atoms with Gasteiger partial charge < -0.3 is 15.4 Å². The van der Waals surface area contributed by atoms with Crippen molar-refractivity contribution in [2.45, 2.75) is 52.4 Å². The lowest BCUT2D eigenvalue weighted by atomic mass is 9.99. The van der Waals surface area contributed by atoms with Crippen LogP contribution in [0.4, 0.5) is 5.82 Å². The van der Waals surface area contributed by atoms with Crippen molar-refractivity contribution in [1.29, 1.82) is 0 Å². The van der Waals surface area contributed by atoms with E-state index in [9.17, 15) is 9.59 Å². The number of aromatic nitrogens is 1. The molecule has 144 valence electrons. The Bertz CT molecular complexity index is 584. The Morgan fingerprint density at radius 3 is 2.54 bits per heavy atom. The zero-order valence-electron chi connectivity index (χ0n) is 16.1. The molecule has 0 unspecified atom stereocenters. The molecule has 1 aromatic rings. The number of pyridine rings is 1. The quantitative estimate of drug-likeness (QED) is 0.771. The maximum Gasteiger partial charge on any atom is 0.237 e. The molecule has 1 aliphatic rings. The maximum atomic E-state index is 12.7. The van der Waals surface area contributed by atoms with Crippen LogP contribution in [0.5, 0.6) is 0 Å². The fourth-order valence-corrected chi connectivity index (χ4v) is 3.38. The van der Waals surface area contributed by atoms with Gasteiger partial charge in [-0.15, -0.1) is 0 Å². The highest BCUT2D eigenvalue weighted by molar-refractivity contribution is 5.90. The molecule has 0 radical (unpaired) electrons. The summed E-state index contributed by atoms with van der Waals surface area (Å²) in [5.74, 6) is 0.487. The van der Waals surface area contributed by atoms with Crippen LogP contribution >= 0.6 is 0 Å². The van der Waals surface area contributed by atoms with E-state index in [2.05, 4.69) is 20.5 Å². The summed E-state index contributed by atoms with van der Waals surface area (Å²) in [6.45, 7) is 9.92. The summed E-state index contributed by atoms with van der Waals surface area (Å²) in [6, 6.07) is 5.10. The Hall–Kier alpha value is -1.99. The molecule has 2 rings (SSSR count).